The lowest BCUT2D eigenvalue weighted by atomic mass is 9.66. The van der Waals surface area contributed by atoms with E-state index in [4.69, 9.17) is 0 Å². The second kappa shape index (κ2) is 5.21. The quantitative estimate of drug-likeness (QED) is 0.756. The summed E-state index contributed by atoms with van der Waals surface area (Å²) in [7, 11) is 2.24. The second-order valence-electron chi connectivity index (χ2n) is 7.05. The molecule has 2 heteroatoms. The predicted octanol–water partition coefficient (Wildman–Crippen LogP) is 3.83. The van der Waals surface area contributed by atoms with Gasteiger partial charge in [-0.3, -0.25) is 4.90 Å². The van der Waals surface area contributed by atoms with Crippen molar-refractivity contribution in [2.75, 3.05) is 7.05 Å². The fraction of sp³-hybridized carbons (Fsp3) is 0.938. The van der Waals surface area contributed by atoms with Crippen molar-refractivity contribution in [2.24, 2.45) is 17.3 Å². The molecule has 0 N–H and O–H groups in total. The molecule has 102 valence electrons. The molecule has 2 nitrogen and oxygen atoms in total. The zero-order valence-corrected chi connectivity index (χ0v) is 12.4. The first kappa shape index (κ1) is 13.9. The molecule has 0 aromatic carbocycles. The van der Waals surface area contributed by atoms with Gasteiger partial charge in [0.25, 0.3) is 0 Å². The standard InChI is InChI=1S/C16H28N2/c1-5-16(2,3)13-7-6-12(11-17)15(10-13)18(4)14-8-9-14/h12-15H,5-10H2,1-4H3. The van der Waals surface area contributed by atoms with Gasteiger partial charge < -0.3 is 0 Å². The fourth-order valence-corrected chi connectivity index (χ4v) is 3.50. The Balaban J connectivity index is 2.06. The molecule has 0 heterocycles. The molecule has 2 rings (SSSR count). The molecular formula is C16H28N2. The van der Waals surface area contributed by atoms with E-state index in [1.165, 1.54) is 32.1 Å². The van der Waals surface area contributed by atoms with Gasteiger partial charge in [-0.2, -0.15) is 5.26 Å². The van der Waals surface area contributed by atoms with Crippen LogP contribution in [0.25, 0.3) is 0 Å². The van der Waals surface area contributed by atoms with Crippen LogP contribution in [0, 0.1) is 28.6 Å². The SMILES string of the molecule is CCC(C)(C)C1CCC(C#N)C(N(C)C2CC2)C1. The zero-order chi connectivity index (χ0) is 13.3. The van der Waals surface area contributed by atoms with E-state index in [1.807, 2.05) is 0 Å². The highest BCUT2D eigenvalue weighted by molar-refractivity contribution is 5.01. The lowest BCUT2D eigenvalue weighted by Gasteiger charge is -2.44. The Morgan fingerprint density at radius 1 is 1.22 bits per heavy atom. The van der Waals surface area contributed by atoms with E-state index in [1.54, 1.807) is 0 Å². The third-order valence-electron chi connectivity index (χ3n) is 5.64. The van der Waals surface area contributed by atoms with E-state index in [-0.39, 0.29) is 5.92 Å². The third kappa shape index (κ3) is 2.72. The summed E-state index contributed by atoms with van der Waals surface area (Å²) in [5.41, 5.74) is 0.434. The molecule has 2 aliphatic rings. The van der Waals surface area contributed by atoms with Gasteiger partial charge in [0.2, 0.25) is 0 Å². The molecule has 0 bridgehead atoms. The van der Waals surface area contributed by atoms with Crippen molar-refractivity contribution in [3.05, 3.63) is 0 Å². The molecule has 0 aliphatic heterocycles. The normalized spacial score (nSPS) is 33.4. The maximum Gasteiger partial charge on any atom is 0.0672 e. The van der Waals surface area contributed by atoms with E-state index in [9.17, 15) is 5.26 Å². The summed E-state index contributed by atoms with van der Waals surface area (Å²) >= 11 is 0. The molecule has 3 unspecified atom stereocenters. The zero-order valence-electron chi connectivity index (χ0n) is 12.4. The van der Waals surface area contributed by atoms with Crippen LogP contribution in [0.5, 0.6) is 0 Å². The van der Waals surface area contributed by atoms with Crippen LogP contribution in [0.4, 0.5) is 0 Å². The van der Waals surface area contributed by atoms with E-state index in [0.717, 1.165) is 18.4 Å². The van der Waals surface area contributed by atoms with Gasteiger partial charge in [-0.1, -0.05) is 27.2 Å². The molecule has 0 aromatic rings. The summed E-state index contributed by atoms with van der Waals surface area (Å²) in [4.78, 5) is 2.52. The van der Waals surface area contributed by atoms with Crippen LogP contribution in [-0.4, -0.2) is 24.0 Å². The summed E-state index contributed by atoms with van der Waals surface area (Å²) in [6, 6.07) is 3.84. The summed E-state index contributed by atoms with van der Waals surface area (Å²) < 4.78 is 0. The van der Waals surface area contributed by atoms with E-state index in [0.29, 0.717) is 11.5 Å². The molecule has 0 saturated heterocycles. The highest BCUT2D eigenvalue weighted by atomic mass is 15.2. The van der Waals surface area contributed by atoms with Gasteiger partial charge in [0.15, 0.2) is 0 Å². The Morgan fingerprint density at radius 3 is 2.39 bits per heavy atom. The van der Waals surface area contributed by atoms with E-state index < -0.39 is 0 Å². The van der Waals surface area contributed by atoms with Crippen LogP contribution in [0.15, 0.2) is 0 Å². The maximum atomic E-state index is 9.38. The minimum atomic E-state index is 0.263. The number of rotatable bonds is 4. The van der Waals surface area contributed by atoms with Crippen LogP contribution in [0.3, 0.4) is 0 Å². The van der Waals surface area contributed by atoms with Gasteiger partial charge in [0.05, 0.1) is 12.0 Å². The number of hydrogen-bond donors (Lipinski definition) is 0. The first-order chi connectivity index (χ1) is 8.49. The lowest BCUT2D eigenvalue weighted by Crippen LogP contribution is -2.45. The van der Waals surface area contributed by atoms with Gasteiger partial charge in [-0.15, -0.1) is 0 Å². The number of nitrogens with zero attached hydrogens (tertiary/aromatic N) is 2. The Hall–Kier alpha value is -0.550. The molecule has 0 amide bonds. The average molecular weight is 248 g/mol. The molecular weight excluding hydrogens is 220 g/mol. The maximum absolute atomic E-state index is 9.38. The van der Waals surface area contributed by atoms with Gasteiger partial charge in [0.1, 0.15) is 0 Å². The average Bonchev–Trinajstić information content (AvgIpc) is 3.21. The fourth-order valence-electron chi connectivity index (χ4n) is 3.50. The summed E-state index contributed by atoms with van der Waals surface area (Å²) in [6.07, 6.45) is 7.50. The van der Waals surface area contributed by atoms with Gasteiger partial charge in [-0.25, -0.2) is 0 Å². The largest absolute Gasteiger partial charge is 0.299 e. The first-order valence-electron chi connectivity index (χ1n) is 7.61. The van der Waals surface area contributed by atoms with Gasteiger partial charge in [0, 0.05) is 12.1 Å². The smallest absolute Gasteiger partial charge is 0.0672 e. The lowest BCUT2D eigenvalue weighted by molar-refractivity contribution is 0.0610. The Kier molecular flexibility index (Phi) is 4.02. The van der Waals surface area contributed by atoms with Crippen LogP contribution in [-0.2, 0) is 0 Å². The minimum absolute atomic E-state index is 0.263. The first-order valence-corrected chi connectivity index (χ1v) is 7.61. The summed E-state index contributed by atoms with van der Waals surface area (Å²) in [5.74, 6) is 1.05. The highest BCUT2D eigenvalue weighted by Crippen LogP contribution is 2.44. The molecule has 0 spiro atoms. The van der Waals surface area contributed by atoms with Crippen LogP contribution < -0.4 is 0 Å². The summed E-state index contributed by atoms with van der Waals surface area (Å²) in [5, 5.41) is 9.38. The topological polar surface area (TPSA) is 27.0 Å². The van der Waals surface area contributed by atoms with Gasteiger partial charge in [-0.05, 0) is 50.5 Å². The highest BCUT2D eigenvalue weighted by Gasteiger charge is 2.42. The predicted molar refractivity (Wildman–Crippen MR) is 75.1 cm³/mol. The van der Waals surface area contributed by atoms with Gasteiger partial charge >= 0.3 is 0 Å². The van der Waals surface area contributed by atoms with Crippen molar-refractivity contribution < 1.29 is 0 Å². The van der Waals surface area contributed by atoms with Crippen molar-refractivity contribution in [1.29, 1.82) is 5.26 Å². The van der Waals surface area contributed by atoms with Crippen LogP contribution >= 0.6 is 0 Å². The monoisotopic (exact) mass is 248 g/mol. The Morgan fingerprint density at radius 2 is 1.89 bits per heavy atom. The van der Waals surface area contributed by atoms with Crippen molar-refractivity contribution in [1.82, 2.24) is 4.90 Å². The van der Waals surface area contributed by atoms with Crippen LogP contribution in [0.1, 0.15) is 59.3 Å². The minimum Gasteiger partial charge on any atom is -0.299 e. The van der Waals surface area contributed by atoms with E-state index >= 15 is 0 Å². The van der Waals surface area contributed by atoms with Crippen molar-refractivity contribution in [3.63, 3.8) is 0 Å². The second-order valence-corrected chi connectivity index (χ2v) is 7.05. The molecule has 0 aromatic heterocycles. The molecule has 3 atom stereocenters. The van der Waals surface area contributed by atoms with Crippen LogP contribution in [0.2, 0.25) is 0 Å². The summed E-state index contributed by atoms with van der Waals surface area (Å²) in [6.45, 7) is 7.10. The Labute approximate surface area is 112 Å². The number of nitriles is 1. The van der Waals surface area contributed by atoms with Crippen molar-refractivity contribution in [2.45, 2.75) is 71.4 Å². The molecule has 2 fully saturated rings. The Bertz CT molecular complexity index is 324. The van der Waals surface area contributed by atoms with Crippen molar-refractivity contribution >= 4 is 0 Å². The van der Waals surface area contributed by atoms with E-state index in [2.05, 4.69) is 38.8 Å². The molecule has 0 radical (unpaired) electrons. The molecule has 2 saturated carbocycles. The third-order valence-corrected chi connectivity index (χ3v) is 5.64. The molecule has 18 heavy (non-hydrogen) atoms. The molecule has 2 aliphatic carbocycles. The van der Waals surface area contributed by atoms with Crippen molar-refractivity contribution in [3.8, 4) is 6.07 Å². The number of hydrogen-bond acceptors (Lipinski definition) is 2.